The minimum absolute atomic E-state index is 0.0273. The number of rotatable bonds is 5. The molecule has 0 heterocycles. The van der Waals surface area contributed by atoms with E-state index in [1.165, 1.54) is 26.3 Å². The number of ether oxygens (including phenoxy) is 1. The molecule has 0 unspecified atom stereocenters. The van der Waals surface area contributed by atoms with Gasteiger partial charge < -0.3 is 10.1 Å². The molecule has 0 aromatic heterocycles. The molecule has 17 heavy (non-hydrogen) atoms. The van der Waals surface area contributed by atoms with E-state index in [0.29, 0.717) is 5.75 Å². The van der Waals surface area contributed by atoms with Crippen molar-refractivity contribution in [1.82, 2.24) is 5.32 Å². The normalized spacial score (nSPS) is 9.82. The van der Waals surface area contributed by atoms with Gasteiger partial charge in [0.05, 0.1) is 12.7 Å². The Bertz CT molecular complexity index is 432. The van der Waals surface area contributed by atoms with Gasteiger partial charge in [0, 0.05) is 19.9 Å². The molecule has 0 aliphatic heterocycles. The maximum absolute atomic E-state index is 13.0. The Hall–Kier alpha value is -1.91. The number of carbonyl (C=O) groups excluding carboxylic acids is 2. The third kappa shape index (κ3) is 3.55. The smallest absolute Gasteiger partial charge is 0.220 e. The predicted octanol–water partition coefficient (Wildman–Crippen LogP) is 1.54. The SMILES string of the molecule is CNC(=O)CCC(=O)c1cc(F)ccc1OC. The summed E-state index contributed by atoms with van der Waals surface area (Å²) in [5, 5.41) is 2.42. The molecule has 0 spiro atoms. The van der Waals surface area contributed by atoms with Gasteiger partial charge in [0.15, 0.2) is 5.78 Å². The van der Waals surface area contributed by atoms with Gasteiger partial charge in [-0.05, 0) is 18.2 Å². The summed E-state index contributed by atoms with van der Waals surface area (Å²) in [6.07, 6.45) is 0.106. The maximum Gasteiger partial charge on any atom is 0.220 e. The molecule has 1 aromatic rings. The van der Waals surface area contributed by atoms with Gasteiger partial charge in [0.1, 0.15) is 11.6 Å². The number of hydrogen-bond acceptors (Lipinski definition) is 3. The van der Waals surface area contributed by atoms with E-state index in [1.807, 2.05) is 0 Å². The molecule has 1 aromatic carbocycles. The lowest BCUT2D eigenvalue weighted by atomic mass is 10.1. The zero-order valence-electron chi connectivity index (χ0n) is 9.75. The first-order valence-electron chi connectivity index (χ1n) is 5.15. The highest BCUT2D eigenvalue weighted by Gasteiger charge is 2.14. The van der Waals surface area contributed by atoms with Crippen LogP contribution in [0.2, 0.25) is 0 Å². The summed E-state index contributed by atoms with van der Waals surface area (Å²) in [6, 6.07) is 3.72. The van der Waals surface area contributed by atoms with E-state index >= 15 is 0 Å². The van der Waals surface area contributed by atoms with Crippen molar-refractivity contribution in [2.75, 3.05) is 14.2 Å². The van der Waals surface area contributed by atoms with Gasteiger partial charge in [-0.15, -0.1) is 0 Å². The van der Waals surface area contributed by atoms with Crippen LogP contribution in [0.4, 0.5) is 4.39 Å². The zero-order chi connectivity index (χ0) is 12.8. The highest BCUT2D eigenvalue weighted by Crippen LogP contribution is 2.21. The number of carbonyl (C=O) groups is 2. The van der Waals surface area contributed by atoms with Crippen LogP contribution >= 0.6 is 0 Å². The summed E-state index contributed by atoms with van der Waals surface area (Å²) in [5.41, 5.74) is 0.163. The van der Waals surface area contributed by atoms with Gasteiger partial charge in [-0.3, -0.25) is 9.59 Å². The Kier molecular flexibility index (Phi) is 4.63. The van der Waals surface area contributed by atoms with Crippen molar-refractivity contribution in [2.24, 2.45) is 0 Å². The third-order valence-corrected chi connectivity index (χ3v) is 2.32. The minimum Gasteiger partial charge on any atom is -0.496 e. The number of amides is 1. The molecule has 0 saturated carbocycles. The zero-order valence-corrected chi connectivity index (χ0v) is 9.75. The first-order valence-corrected chi connectivity index (χ1v) is 5.15. The highest BCUT2D eigenvalue weighted by atomic mass is 19.1. The van der Waals surface area contributed by atoms with E-state index in [4.69, 9.17) is 4.74 Å². The van der Waals surface area contributed by atoms with Crippen molar-refractivity contribution in [3.05, 3.63) is 29.6 Å². The molecule has 1 N–H and O–H groups in total. The Morgan fingerprint density at radius 1 is 1.35 bits per heavy atom. The van der Waals surface area contributed by atoms with E-state index in [-0.39, 0.29) is 30.1 Å². The van der Waals surface area contributed by atoms with Gasteiger partial charge >= 0.3 is 0 Å². The molecule has 1 amide bonds. The standard InChI is InChI=1S/C12H14FNO3/c1-14-12(16)6-4-10(15)9-7-8(13)3-5-11(9)17-2/h3,5,7H,4,6H2,1-2H3,(H,14,16). The number of halogens is 1. The quantitative estimate of drug-likeness (QED) is 0.793. The topological polar surface area (TPSA) is 55.4 Å². The fraction of sp³-hybridized carbons (Fsp3) is 0.333. The molecule has 0 aliphatic rings. The predicted molar refractivity (Wildman–Crippen MR) is 60.6 cm³/mol. The molecule has 0 fully saturated rings. The average molecular weight is 239 g/mol. The highest BCUT2D eigenvalue weighted by molar-refractivity contribution is 6.00. The van der Waals surface area contributed by atoms with Crippen LogP contribution in [0, 0.1) is 5.82 Å². The van der Waals surface area contributed by atoms with E-state index in [0.717, 1.165) is 6.07 Å². The molecule has 0 saturated heterocycles. The first kappa shape index (κ1) is 13.2. The van der Waals surface area contributed by atoms with Crippen LogP contribution in [-0.2, 0) is 4.79 Å². The van der Waals surface area contributed by atoms with Gasteiger partial charge in [0.2, 0.25) is 5.91 Å². The van der Waals surface area contributed by atoms with Crippen LogP contribution in [-0.4, -0.2) is 25.8 Å². The van der Waals surface area contributed by atoms with E-state index in [2.05, 4.69) is 5.32 Å². The Morgan fingerprint density at radius 3 is 2.65 bits per heavy atom. The van der Waals surface area contributed by atoms with Gasteiger partial charge in [-0.1, -0.05) is 0 Å². The molecule has 5 heteroatoms. The summed E-state index contributed by atoms with van der Waals surface area (Å²) < 4.78 is 18.0. The van der Waals surface area contributed by atoms with Gasteiger partial charge in [-0.2, -0.15) is 0 Å². The molecule has 0 bridgehead atoms. The summed E-state index contributed by atoms with van der Waals surface area (Å²) >= 11 is 0. The number of ketones is 1. The largest absolute Gasteiger partial charge is 0.496 e. The second kappa shape index (κ2) is 5.98. The van der Waals surface area contributed by atoms with E-state index in [9.17, 15) is 14.0 Å². The van der Waals surface area contributed by atoms with E-state index < -0.39 is 5.82 Å². The number of hydrogen-bond donors (Lipinski definition) is 1. The Morgan fingerprint density at radius 2 is 2.06 bits per heavy atom. The fourth-order valence-electron chi connectivity index (χ4n) is 1.38. The molecule has 92 valence electrons. The summed E-state index contributed by atoms with van der Waals surface area (Å²) in [7, 11) is 2.90. The molecular formula is C12H14FNO3. The van der Waals surface area contributed by atoms with Crippen molar-refractivity contribution >= 4 is 11.7 Å². The molecule has 4 nitrogen and oxygen atoms in total. The lowest BCUT2D eigenvalue weighted by Gasteiger charge is -2.07. The van der Waals surface area contributed by atoms with Crippen LogP contribution in [0.15, 0.2) is 18.2 Å². The van der Waals surface area contributed by atoms with Crippen LogP contribution in [0.1, 0.15) is 23.2 Å². The van der Waals surface area contributed by atoms with Crippen molar-refractivity contribution in [3.63, 3.8) is 0 Å². The molecular weight excluding hydrogens is 225 g/mol. The van der Waals surface area contributed by atoms with Crippen LogP contribution < -0.4 is 10.1 Å². The van der Waals surface area contributed by atoms with Crippen molar-refractivity contribution in [3.8, 4) is 5.75 Å². The molecule has 1 rings (SSSR count). The average Bonchev–Trinajstić information content (AvgIpc) is 2.35. The Balaban J connectivity index is 2.80. The second-order valence-corrected chi connectivity index (χ2v) is 3.44. The van der Waals surface area contributed by atoms with Gasteiger partial charge in [0.25, 0.3) is 0 Å². The van der Waals surface area contributed by atoms with Crippen LogP contribution in [0.25, 0.3) is 0 Å². The summed E-state index contributed by atoms with van der Waals surface area (Å²) in [6.45, 7) is 0. The van der Waals surface area contributed by atoms with Crippen LogP contribution in [0.5, 0.6) is 5.75 Å². The fourth-order valence-corrected chi connectivity index (χ4v) is 1.38. The number of methoxy groups -OCH3 is 1. The molecule has 0 atom stereocenters. The van der Waals surface area contributed by atoms with Crippen molar-refractivity contribution < 1.29 is 18.7 Å². The second-order valence-electron chi connectivity index (χ2n) is 3.44. The molecule has 0 aliphatic carbocycles. The maximum atomic E-state index is 13.0. The number of nitrogens with one attached hydrogen (secondary N) is 1. The Labute approximate surface area is 98.8 Å². The molecule has 0 radical (unpaired) electrons. The lowest BCUT2D eigenvalue weighted by molar-refractivity contribution is -0.120. The lowest BCUT2D eigenvalue weighted by Crippen LogP contribution is -2.18. The van der Waals surface area contributed by atoms with Gasteiger partial charge in [-0.25, -0.2) is 4.39 Å². The summed E-state index contributed by atoms with van der Waals surface area (Å²) in [4.78, 5) is 22.8. The number of Topliss-reactive ketones (excluding diaryl/α,β-unsaturated/α-hetero) is 1. The summed E-state index contributed by atoms with van der Waals surface area (Å²) in [5.74, 6) is -0.735. The van der Waals surface area contributed by atoms with Crippen molar-refractivity contribution in [1.29, 1.82) is 0 Å². The monoisotopic (exact) mass is 239 g/mol. The first-order chi connectivity index (χ1) is 8.08. The third-order valence-electron chi connectivity index (χ3n) is 2.32. The van der Waals surface area contributed by atoms with Crippen molar-refractivity contribution in [2.45, 2.75) is 12.8 Å². The number of benzene rings is 1. The minimum atomic E-state index is -0.505. The van der Waals surface area contributed by atoms with Crippen LogP contribution in [0.3, 0.4) is 0 Å². The van der Waals surface area contributed by atoms with E-state index in [1.54, 1.807) is 0 Å².